The molecule has 0 aromatic carbocycles. The molecule has 0 spiro atoms. The van der Waals surface area contributed by atoms with Crippen LogP contribution in [0.5, 0.6) is 0 Å². The fraction of sp³-hybridized carbons (Fsp3) is 0.778. The average molecular weight is 232 g/mol. The first kappa shape index (κ1) is 12.3. The van der Waals surface area contributed by atoms with E-state index in [-0.39, 0.29) is 17.9 Å². The molecule has 6 heteroatoms. The summed E-state index contributed by atoms with van der Waals surface area (Å²) in [5.74, 6) is -0.516. The summed E-state index contributed by atoms with van der Waals surface area (Å²) in [5, 5.41) is 8.91. The van der Waals surface area contributed by atoms with Gasteiger partial charge >= 0.3 is 5.97 Å². The van der Waals surface area contributed by atoms with E-state index in [1.165, 1.54) is 16.7 Å². The molecule has 2 unspecified atom stereocenters. The molecule has 3 atom stereocenters. The molecule has 1 aliphatic heterocycles. The molecule has 1 fully saturated rings. The number of nitrogens with two attached hydrogens (primary N) is 1. The second kappa shape index (κ2) is 4.85. The van der Waals surface area contributed by atoms with E-state index in [0.29, 0.717) is 11.6 Å². The smallest absolute Gasteiger partial charge is 0.327 e. The quantitative estimate of drug-likeness (QED) is 0.713. The molecule has 0 aromatic heterocycles. The molecule has 1 amide bonds. The monoisotopic (exact) mass is 232 g/mol. The van der Waals surface area contributed by atoms with Gasteiger partial charge in [-0.15, -0.1) is 11.8 Å². The SMILES string of the molecule is CC(N)C(C)C(=O)N1CSC[C@H]1C(=O)O. The average Bonchev–Trinajstić information content (AvgIpc) is 2.63. The highest BCUT2D eigenvalue weighted by Crippen LogP contribution is 2.23. The fourth-order valence-corrected chi connectivity index (χ4v) is 2.51. The Morgan fingerprint density at radius 1 is 1.53 bits per heavy atom. The molecule has 15 heavy (non-hydrogen) atoms. The third-order valence-corrected chi connectivity index (χ3v) is 3.64. The second-order valence-electron chi connectivity index (χ2n) is 3.81. The van der Waals surface area contributed by atoms with Crippen LogP contribution in [-0.4, -0.2) is 45.6 Å². The van der Waals surface area contributed by atoms with Crippen LogP contribution in [-0.2, 0) is 9.59 Å². The summed E-state index contributed by atoms with van der Waals surface area (Å²) in [6, 6.07) is -0.943. The van der Waals surface area contributed by atoms with Crippen LogP contribution in [0, 0.1) is 5.92 Å². The van der Waals surface area contributed by atoms with Crippen molar-refractivity contribution in [2.45, 2.75) is 25.9 Å². The molecular weight excluding hydrogens is 216 g/mol. The van der Waals surface area contributed by atoms with Crippen molar-refractivity contribution in [1.29, 1.82) is 0 Å². The Kier molecular flexibility index (Phi) is 3.98. The molecule has 1 aliphatic rings. The molecule has 1 saturated heterocycles. The van der Waals surface area contributed by atoms with Crippen LogP contribution in [0.1, 0.15) is 13.8 Å². The molecular formula is C9H16N2O3S. The largest absolute Gasteiger partial charge is 0.480 e. The van der Waals surface area contributed by atoms with Crippen LogP contribution in [0.2, 0.25) is 0 Å². The van der Waals surface area contributed by atoms with Crippen LogP contribution >= 0.6 is 11.8 Å². The molecule has 1 rings (SSSR count). The molecule has 0 aromatic rings. The van der Waals surface area contributed by atoms with Crippen molar-refractivity contribution in [3.05, 3.63) is 0 Å². The number of aliphatic carboxylic acids is 1. The maximum absolute atomic E-state index is 11.9. The summed E-state index contributed by atoms with van der Waals surface area (Å²) in [6.07, 6.45) is 0. The first-order valence-electron chi connectivity index (χ1n) is 4.81. The number of amides is 1. The van der Waals surface area contributed by atoms with Gasteiger partial charge in [-0.25, -0.2) is 4.79 Å². The van der Waals surface area contributed by atoms with Crippen molar-refractivity contribution in [3.63, 3.8) is 0 Å². The van der Waals surface area contributed by atoms with E-state index in [4.69, 9.17) is 10.8 Å². The van der Waals surface area contributed by atoms with Gasteiger partial charge in [0.1, 0.15) is 6.04 Å². The van der Waals surface area contributed by atoms with Crippen molar-refractivity contribution < 1.29 is 14.7 Å². The first-order chi connectivity index (χ1) is 6.95. The van der Waals surface area contributed by atoms with Gasteiger partial charge in [0.2, 0.25) is 5.91 Å². The Labute approximate surface area is 93.0 Å². The summed E-state index contributed by atoms with van der Waals surface area (Å²) < 4.78 is 0. The van der Waals surface area contributed by atoms with Gasteiger partial charge in [0.05, 0.1) is 11.8 Å². The number of rotatable bonds is 3. The van der Waals surface area contributed by atoms with Crippen LogP contribution in [0.4, 0.5) is 0 Å². The fourth-order valence-electron chi connectivity index (χ4n) is 1.35. The lowest BCUT2D eigenvalue weighted by Gasteiger charge is -2.25. The lowest BCUT2D eigenvalue weighted by molar-refractivity contribution is -0.149. The highest BCUT2D eigenvalue weighted by molar-refractivity contribution is 7.99. The van der Waals surface area contributed by atoms with Gasteiger partial charge in [0.25, 0.3) is 0 Å². The van der Waals surface area contributed by atoms with E-state index in [1.54, 1.807) is 13.8 Å². The number of thioether (sulfide) groups is 1. The zero-order valence-electron chi connectivity index (χ0n) is 8.84. The van der Waals surface area contributed by atoms with E-state index in [9.17, 15) is 9.59 Å². The van der Waals surface area contributed by atoms with Crippen molar-refractivity contribution in [1.82, 2.24) is 4.90 Å². The van der Waals surface area contributed by atoms with E-state index < -0.39 is 12.0 Å². The minimum absolute atomic E-state index is 0.164. The predicted molar refractivity (Wildman–Crippen MR) is 58.4 cm³/mol. The summed E-state index contributed by atoms with van der Waals surface area (Å²) in [5.41, 5.74) is 5.62. The summed E-state index contributed by atoms with van der Waals surface area (Å²) in [4.78, 5) is 24.1. The van der Waals surface area contributed by atoms with Gasteiger partial charge in [0, 0.05) is 11.8 Å². The van der Waals surface area contributed by atoms with Crippen molar-refractivity contribution in [3.8, 4) is 0 Å². The molecule has 1 heterocycles. The van der Waals surface area contributed by atoms with Gasteiger partial charge in [0.15, 0.2) is 0 Å². The number of nitrogens with zero attached hydrogens (tertiary/aromatic N) is 1. The zero-order chi connectivity index (χ0) is 11.6. The summed E-state index contributed by atoms with van der Waals surface area (Å²) in [7, 11) is 0. The Bertz CT molecular complexity index is 270. The van der Waals surface area contributed by atoms with Crippen molar-refractivity contribution in [2.24, 2.45) is 11.7 Å². The summed E-state index contributed by atoms with van der Waals surface area (Å²) >= 11 is 1.46. The lowest BCUT2D eigenvalue weighted by Crippen LogP contribution is -2.47. The van der Waals surface area contributed by atoms with E-state index in [0.717, 1.165) is 0 Å². The minimum Gasteiger partial charge on any atom is -0.480 e. The van der Waals surface area contributed by atoms with E-state index in [2.05, 4.69) is 0 Å². The standard InChI is InChI=1S/C9H16N2O3S/c1-5(6(2)10)8(12)11-4-15-3-7(11)9(13)14/h5-7H,3-4,10H2,1-2H3,(H,13,14)/t5?,6?,7-/m0/s1. The zero-order valence-corrected chi connectivity index (χ0v) is 9.66. The van der Waals surface area contributed by atoms with E-state index >= 15 is 0 Å². The number of carboxylic acid groups (broad SMARTS) is 1. The van der Waals surface area contributed by atoms with Crippen molar-refractivity contribution >= 4 is 23.6 Å². The highest BCUT2D eigenvalue weighted by Gasteiger charge is 2.36. The Morgan fingerprint density at radius 2 is 2.13 bits per heavy atom. The third-order valence-electron chi connectivity index (χ3n) is 2.63. The topological polar surface area (TPSA) is 83.6 Å². The normalized spacial score (nSPS) is 25.0. The van der Waals surface area contributed by atoms with Crippen LogP contribution in [0.15, 0.2) is 0 Å². The number of hydrogen-bond donors (Lipinski definition) is 2. The Hall–Kier alpha value is -0.750. The molecule has 5 nitrogen and oxygen atoms in total. The van der Waals surface area contributed by atoms with Crippen LogP contribution in [0.3, 0.4) is 0 Å². The maximum Gasteiger partial charge on any atom is 0.327 e. The molecule has 0 bridgehead atoms. The minimum atomic E-state index is -0.940. The molecule has 86 valence electrons. The van der Waals surface area contributed by atoms with Gasteiger partial charge in [-0.05, 0) is 6.92 Å². The van der Waals surface area contributed by atoms with Crippen LogP contribution in [0.25, 0.3) is 0 Å². The Morgan fingerprint density at radius 3 is 2.60 bits per heavy atom. The third kappa shape index (κ3) is 2.63. The number of carbonyl (C=O) groups is 2. The molecule has 0 radical (unpaired) electrons. The van der Waals surface area contributed by atoms with Gasteiger partial charge in [-0.2, -0.15) is 0 Å². The first-order valence-corrected chi connectivity index (χ1v) is 5.97. The predicted octanol–water partition coefficient (Wildman–Crippen LogP) is -0.0442. The Balaban J connectivity index is 2.70. The number of carbonyl (C=O) groups excluding carboxylic acids is 1. The van der Waals surface area contributed by atoms with Gasteiger partial charge < -0.3 is 15.7 Å². The van der Waals surface area contributed by atoms with Crippen LogP contribution < -0.4 is 5.73 Å². The van der Waals surface area contributed by atoms with Gasteiger partial charge in [-0.3, -0.25) is 4.79 Å². The summed E-state index contributed by atoms with van der Waals surface area (Å²) in [6.45, 7) is 3.48. The molecule has 3 N–H and O–H groups in total. The molecule has 0 aliphatic carbocycles. The second-order valence-corrected chi connectivity index (χ2v) is 4.81. The number of hydrogen-bond acceptors (Lipinski definition) is 4. The van der Waals surface area contributed by atoms with Gasteiger partial charge in [-0.1, -0.05) is 6.92 Å². The molecule has 0 saturated carbocycles. The van der Waals surface area contributed by atoms with E-state index in [1.807, 2.05) is 0 Å². The lowest BCUT2D eigenvalue weighted by atomic mass is 10.0. The number of carboxylic acids is 1. The van der Waals surface area contributed by atoms with Crippen molar-refractivity contribution in [2.75, 3.05) is 11.6 Å². The maximum atomic E-state index is 11.9. The highest BCUT2D eigenvalue weighted by atomic mass is 32.2.